The van der Waals surface area contributed by atoms with Gasteiger partial charge in [-0.15, -0.1) is 0 Å². The molecule has 82 valence electrons. The van der Waals surface area contributed by atoms with Crippen LogP contribution in [0.4, 0.5) is 0 Å². The molecule has 3 heteroatoms. The third-order valence-electron chi connectivity index (χ3n) is 3.52. The van der Waals surface area contributed by atoms with E-state index in [-0.39, 0.29) is 18.3 Å². The lowest BCUT2D eigenvalue weighted by molar-refractivity contribution is 0.0526. The highest BCUT2D eigenvalue weighted by atomic mass is 16.5. The Labute approximate surface area is 95.2 Å². The van der Waals surface area contributed by atoms with Gasteiger partial charge in [-0.1, -0.05) is 30.3 Å². The van der Waals surface area contributed by atoms with E-state index in [2.05, 4.69) is 23.1 Å². The average Bonchev–Trinajstić information content (AvgIpc) is 2.90. The van der Waals surface area contributed by atoms with Crippen molar-refractivity contribution in [1.82, 2.24) is 4.90 Å². The first kappa shape index (κ1) is 9.83. The van der Waals surface area contributed by atoms with Crippen molar-refractivity contribution in [3.8, 4) is 6.07 Å². The Morgan fingerprint density at radius 3 is 2.81 bits per heavy atom. The summed E-state index contributed by atoms with van der Waals surface area (Å²) in [5, 5.41) is 9.13. The Bertz CT molecular complexity index is 412. The molecular weight excluding hydrogens is 200 g/mol. The zero-order valence-corrected chi connectivity index (χ0v) is 9.04. The molecule has 2 aliphatic heterocycles. The minimum atomic E-state index is 0.0257. The summed E-state index contributed by atoms with van der Waals surface area (Å²) in [6, 6.07) is 13.0. The van der Waals surface area contributed by atoms with E-state index < -0.39 is 0 Å². The van der Waals surface area contributed by atoms with Crippen molar-refractivity contribution < 1.29 is 4.74 Å². The maximum Gasteiger partial charge on any atom is 0.112 e. The summed E-state index contributed by atoms with van der Waals surface area (Å²) >= 11 is 0. The van der Waals surface area contributed by atoms with Crippen molar-refractivity contribution in [2.24, 2.45) is 0 Å². The molecule has 2 fully saturated rings. The van der Waals surface area contributed by atoms with Crippen LogP contribution < -0.4 is 0 Å². The summed E-state index contributed by atoms with van der Waals surface area (Å²) in [7, 11) is 0. The highest BCUT2D eigenvalue weighted by molar-refractivity contribution is 5.22. The van der Waals surface area contributed by atoms with Crippen LogP contribution in [0.5, 0.6) is 0 Å². The summed E-state index contributed by atoms with van der Waals surface area (Å²) < 4.78 is 5.75. The summed E-state index contributed by atoms with van der Waals surface area (Å²) in [4.78, 5) is 2.23. The SMILES string of the molecule is N#C[C@@H]1CC[C@@H]2OC[C@H](c3ccccc3)N12. The van der Waals surface area contributed by atoms with Crippen molar-refractivity contribution in [2.75, 3.05) is 6.61 Å². The number of rotatable bonds is 1. The van der Waals surface area contributed by atoms with Gasteiger partial charge < -0.3 is 4.74 Å². The Kier molecular flexibility index (Phi) is 2.39. The number of fused-ring (bicyclic) bond motifs is 1. The zero-order valence-electron chi connectivity index (χ0n) is 9.04. The summed E-state index contributed by atoms with van der Waals surface area (Å²) in [5.74, 6) is 0. The first-order valence-electron chi connectivity index (χ1n) is 5.74. The van der Waals surface area contributed by atoms with Gasteiger partial charge >= 0.3 is 0 Å². The first-order valence-corrected chi connectivity index (χ1v) is 5.74. The summed E-state index contributed by atoms with van der Waals surface area (Å²) in [6.45, 7) is 0.715. The van der Waals surface area contributed by atoms with E-state index in [9.17, 15) is 0 Å². The molecule has 0 N–H and O–H groups in total. The van der Waals surface area contributed by atoms with Gasteiger partial charge in [-0.2, -0.15) is 5.26 Å². The number of nitriles is 1. The fourth-order valence-corrected chi connectivity index (χ4v) is 2.75. The van der Waals surface area contributed by atoms with Gasteiger partial charge in [0.2, 0.25) is 0 Å². The fourth-order valence-electron chi connectivity index (χ4n) is 2.75. The smallest absolute Gasteiger partial charge is 0.112 e. The lowest BCUT2D eigenvalue weighted by Gasteiger charge is -2.24. The Morgan fingerprint density at radius 1 is 1.25 bits per heavy atom. The molecule has 3 rings (SSSR count). The van der Waals surface area contributed by atoms with Crippen LogP contribution in [0.3, 0.4) is 0 Å². The Balaban J connectivity index is 1.90. The standard InChI is InChI=1S/C13H14N2O/c14-8-11-6-7-13-15(11)12(9-16-13)10-4-2-1-3-5-10/h1-5,11-13H,6-7,9H2/t11-,12+,13-/m0/s1. The van der Waals surface area contributed by atoms with E-state index in [4.69, 9.17) is 10.00 Å². The van der Waals surface area contributed by atoms with Crippen molar-refractivity contribution in [2.45, 2.75) is 31.2 Å². The molecule has 2 heterocycles. The molecule has 3 nitrogen and oxygen atoms in total. The van der Waals surface area contributed by atoms with Gasteiger partial charge in [0.1, 0.15) is 12.3 Å². The summed E-state index contributed by atoms with van der Waals surface area (Å²) in [6.07, 6.45) is 2.08. The molecule has 0 unspecified atom stereocenters. The third-order valence-corrected chi connectivity index (χ3v) is 3.52. The van der Waals surface area contributed by atoms with E-state index in [1.807, 2.05) is 18.2 Å². The van der Waals surface area contributed by atoms with E-state index in [0.29, 0.717) is 6.61 Å². The molecular formula is C13H14N2O. The van der Waals surface area contributed by atoms with Gasteiger partial charge in [-0.25, -0.2) is 0 Å². The monoisotopic (exact) mass is 214 g/mol. The van der Waals surface area contributed by atoms with Crippen LogP contribution in [0.25, 0.3) is 0 Å². The summed E-state index contributed by atoms with van der Waals surface area (Å²) in [5.41, 5.74) is 1.26. The Hall–Kier alpha value is -1.37. The second-order valence-corrected chi connectivity index (χ2v) is 4.38. The van der Waals surface area contributed by atoms with Crippen molar-refractivity contribution >= 4 is 0 Å². The minimum absolute atomic E-state index is 0.0257. The largest absolute Gasteiger partial charge is 0.361 e. The van der Waals surface area contributed by atoms with Crippen LogP contribution in [0.15, 0.2) is 30.3 Å². The maximum absolute atomic E-state index is 9.13. The van der Waals surface area contributed by atoms with Crippen molar-refractivity contribution in [3.05, 3.63) is 35.9 Å². The second kappa shape index (κ2) is 3.89. The minimum Gasteiger partial charge on any atom is -0.361 e. The molecule has 0 aliphatic carbocycles. The molecule has 0 bridgehead atoms. The predicted octanol–water partition coefficient (Wildman–Crippen LogP) is 2.07. The van der Waals surface area contributed by atoms with Crippen LogP contribution in [0, 0.1) is 11.3 Å². The van der Waals surface area contributed by atoms with Gasteiger partial charge in [0.15, 0.2) is 0 Å². The second-order valence-electron chi connectivity index (χ2n) is 4.38. The number of nitrogens with zero attached hydrogens (tertiary/aromatic N) is 2. The number of benzene rings is 1. The molecule has 1 aromatic rings. The van der Waals surface area contributed by atoms with Gasteiger partial charge in [-0.3, -0.25) is 4.90 Å². The molecule has 2 saturated heterocycles. The van der Waals surface area contributed by atoms with E-state index >= 15 is 0 Å². The van der Waals surface area contributed by atoms with Crippen LogP contribution >= 0.6 is 0 Å². The molecule has 1 aromatic carbocycles. The molecule has 3 atom stereocenters. The van der Waals surface area contributed by atoms with Gasteiger partial charge in [-0.05, 0) is 18.4 Å². The van der Waals surface area contributed by atoms with Crippen LogP contribution in [0.2, 0.25) is 0 Å². The molecule has 16 heavy (non-hydrogen) atoms. The molecule has 0 amide bonds. The highest BCUT2D eigenvalue weighted by Gasteiger charge is 2.44. The molecule has 0 saturated carbocycles. The van der Waals surface area contributed by atoms with Crippen molar-refractivity contribution in [1.29, 1.82) is 5.26 Å². The predicted molar refractivity (Wildman–Crippen MR) is 59.4 cm³/mol. The normalized spacial score (nSPS) is 33.6. The van der Waals surface area contributed by atoms with Crippen LogP contribution in [0.1, 0.15) is 24.4 Å². The van der Waals surface area contributed by atoms with E-state index in [1.54, 1.807) is 0 Å². The van der Waals surface area contributed by atoms with Crippen molar-refractivity contribution in [3.63, 3.8) is 0 Å². The number of hydrogen-bond acceptors (Lipinski definition) is 3. The maximum atomic E-state index is 9.13. The lowest BCUT2D eigenvalue weighted by atomic mass is 10.1. The van der Waals surface area contributed by atoms with E-state index in [0.717, 1.165) is 12.8 Å². The molecule has 0 aromatic heterocycles. The quantitative estimate of drug-likeness (QED) is 0.718. The third kappa shape index (κ3) is 1.42. The topological polar surface area (TPSA) is 36.3 Å². The fraction of sp³-hybridized carbons (Fsp3) is 0.462. The van der Waals surface area contributed by atoms with Gasteiger partial charge in [0.25, 0.3) is 0 Å². The number of ether oxygens (including phenoxy) is 1. The lowest BCUT2D eigenvalue weighted by Crippen LogP contribution is -2.33. The van der Waals surface area contributed by atoms with E-state index in [1.165, 1.54) is 5.56 Å². The van der Waals surface area contributed by atoms with Crippen LogP contribution in [-0.2, 0) is 4.74 Å². The molecule has 2 aliphatic rings. The van der Waals surface area contributed by atoms with Gasteiger partial charge in [0, 0.05) is 0 Å². The average molecular weight is 214 g/mol. The van der Waals surface area contributed by atoms with Crippen LogP contribution in [-0.4, -0.2) is 23.8 Å². The highest BCUT2D eigenvalue weighted by Crippen LogP contribution is 2.39. The molecule has 0 radical (unpaired) electrons. The molecule has 0 spiro atoms. The zero-order chi connectivity index (χ0) is 11.0. The first-order chi connectivity index (χ1) is 7.90. The Morgan fingerprint density at radius 2 is 2.06 bits per heavy atom. The number of hydrogen-bond donors (Lipinski definition) is 0. The van der Waals surface area contributed by atoms with Gasteiger partial charge in [0.05, 0.1) is 18.7 Å².